The lowest BCUT2D eigenvalue weighted by molar-refractivity contribution is 0.242. The minimum atomic E-state index is 0.158. The van der Waals surface area contributed by atoms with E-state index in [1.807, 2.05) is 43.9 Å². The third kappa shape index (κ3) is 3.32. The molecule has 0 radical (unpaired) electrons. The van der Waals surface area contributed by atoms with E-state index in [4.69, 9.17) is 4.74 Å². The first kappa shape index (κ1) is 14.4. The molecule has 0 saturated heterocycles. The second kappa shape index (κ2) is 5.99. The Hall–Kier alpha value is -1.97. The molecule has 0 aliphatic rings. The number of hydrogen-bond donors (Lipinski definition) is 1. The van der Waals surface area contributed by atoms with Crippen molar-refractivity contribution in [3.05, 3.63) is 42.0 Å². The van der Waals surface area contributed by atoms with Crippen LogP contribution in [0, 0.1) is 6.92 Å². The minimum absolute atomic E-state index is 0.158. The van der Waals surface area contributed by atoms with Crippen molar-refractivity contribution in [3.8, 4) is 5.75 Å². The molecule has 2 rings (SSSR count). The quantitative estimate of drug-likeness (QED) is 0.903. The van der Waals surface area contributed by atoms with E-state index in [2.05, 4.69) is 36.3 Å². The standard InChI is InChI=1S/C16H23N3O/c1-11(2)20-14-6-7-15(12(3)10-14)18-13(4)16-17-8-9-19(16)5/h6-11,13,18H,1-5H3. The molecule has 1 aromatic carbocycles. The summed E-state index contributed by atoms with van der Waals surface area (Å²) in [6.07, 6.45) is 3.97. The molecule has 2 aromatic rings. The van der Waals surface area contributed by atoms with Gasteiger partial charge >= 0.3 is 0 Å². The van der Waals surface area contributed by atoms with Crippen molar-refractivity contribution in [1.29, 1.82) is 0 Å². The fourth-order valence-electron chi connectivity index (χ4n) is 2.24. The van der Waals surface area contributed by atoms with E-state index in [9.17, 15) is 0 Å². The maximum Gasteiger partial charge on any atom is 0.130 e. The highest BCUT2D eigenvalue weighted by atomic mass is 16.5. The summed E-state index contributed by atoms with van der Waals surface area (Å²) in [4.78, 5) is 4.37. The largest absolute Gasteiger partial charge is 0.491 e. The molecule has 4 nitrogen and oxygen atoms in total. The molecule has 1 aromatic heterocycles. The molecule has 0 aliphatic heterocycles. The average molecular weight is 273 g/mol. The van der Waals surface area contributed by atoms with Gasteiger partial charge in [-0.05, 0) is 51.5 Å². The molecule has 0 bridgehead atoms. The lowest BCUT2D eigenvalue weighted by Crippen LogP contribution is -2.12. The fourth-order valence-corrected chi connectivity index (χ4v) is 2.24. The number of benzene rings is 1. The molecule has 1 heterocycles. The molecular weight excluding hydrogens is 250 g/mol. The van der Waals surface area contributed by atoms with Crippen LogP contribution in [0.1, 0.15) is 38.2 Å². The first-order chi connectivity index (χ1) is 9.47. The molecule has 20 heavy (non-hydrogen) atoms. The van der Waals surface area contributed by atoms with Gasteiger partial charge in [0.15, 0.2) is 0 Å². The van der Waals surface area contributed by atoms with Crippen molar-refractivity contribution < 1.29 is 4.74 Å². The van der Waals surface area contributed by atoms with Crippen molar-refractivity contribution in [1.82, 2.24) is 9.55 Å². The number of anilines is 1. The second-order valence-corrected chi connectivity index (χ2v) is 5.41. The lowest BCUT2D eigenvalue weighted by Gasteiger charge is -2.18. The van der Waals surface area contributed by atoms with E-state index in [1.54, 1.807) is 0 Å². The zero-order valence-electron chi connectivity index (χ0n) is 12.8. The van der Waals surface area contributed by atoms with Gasteiger partial charge in [-0.2, -0.15) is 0 Å². The van der Waals surface area contributed by atoms with Crippen LogP contribution >= 0.6 is 0 Å². The van der Waals surface area contributed by atoms with Crippen molar-refractivity contribution in [2.75, 3.05) is 5.32 Å². The van der Waals surface area contributed by atoms with E-state index < -0.39 is 0 Å². The Morgan fingerprint density at radius 2 is 2.00 bits per heavy atom. The summed E-state index contributed by atoms with van der Waals surface area (Å²) in [7, 11) is 2.01. The highest BCUT2D eigenvalue weighted by Gasteiger charge is 2.11. The summed E-state index contributed by atoms with van der Waals surface area (Å²) in [6.45, 7) is 8.26. The monoisotopic (exact) mass is 273 g/mol. The Bertz CT molecular complexity index is 575. The van der Waals surface area contributed by atoms with Crippen LogP contribution in [-0.2, 0) is 7.05 Å². The summed E-state index contributed by atoms with van der Waals surface area (Å²) in [5.41, 5.74) is 2.28. The molecule has 0 fully saturated rings. The maximum atomic E-state index is 5.70. The zero-order chi connectivity index (χ0) is 14.7. The predicted octanol–water partition coefficient (Wildman–Crippen LogP) is 3.69. The molecule has 0 aliphatic carbocycles. The molecule has 4 heteroatoms. The van der Waals surface area contributed by atoms with Gasteiger partial charge in [0.25, 0.3) is 0 Å². The lowest BCUT2D eigenvalue weighted by atomic mass is 10.1. The predicted molar refractivity (Wildman–Crippen MR) is 82.2 cm³/mol. The highest BCUT2D eigenvalue weighted by Crippen LogP contribution is 2.25. The molecule has 0 amide bonds. The van der Waals surface area contributed by atoms with Crippen LogP contribution in [0.5, 0.6) is 5.75 Å². The Balaban J connectivity index is 2.12. The van der Waals surface area contributed by atoms with Crippen LogP contribution in [0.3, 0.4) is 0 Å². The smallest absolute Gasteiger partial charge is 0.130 e. The van der Waals surface area contributed by atoms with Gasteiger partial charge in [0, 0.05) is 25.1 Å². The van der Waals surface area contributed by atoms with Gasteiger partial charge < -0.3 is 14.6 Å². The van der Waals surface area contributed by atoms with Gasteiger partial charge in [0.05, 0.1) is 12.1 Å². The van der Waals surface area contributed by atoms with E-state index >= 15 is 0 Å². The number of rotatable bonds is 5. The number of nitrogens with one attached hydrogen (secondary N) is 1. The fraction of sp³-hybridized carbons (Fsp3) is 0.438. The Morgan fingerprint density at radius 3 is 2.55 bits per heavy atom. The molecule has 108 valence electrons. The number of imidazole rings is 1. The first-order valence-electron chi connectivity index (χ1n) is 6.98. The third-order valence-corrected chi connectivity index (χ3v) is 3.19. The van der Waals surface area contributed by atoms with Crippen LogP contribution in [0.25, 0.3) is 0 Å². The summed E-state index contributed by atoms with van der Waals surface area (Å²) in [6, 6.07) is 6.28. The first-order valence-corrected chi connectivity index (χ1v) is 6.98. The summed E-state index contributed by atoms with van der Waals surface area (Å²) < 4.78 is 7.73. The van der Waals surface area contributed by atoms with Crippen LogP contribution in [0.4, 0.5) is 5.69 Å². The van der Waals surface area contributed by atoms with Gasteiger partial charge in [0.1, 0.15) is 11.6 Å². The number of aryl methyl sites for hydroxylation is 2. The number of hydrogen-bond acceptors (Lipinski definition) is 3. The molecule has 0 saturated carbocycles. The topological polar surface area (TPSA) is 39.1 Å². The Morgan fingerprint density at radius 1 is 1.25 bits per heavy atom. The van der Waals surface area contributed by atoms with Crippen LogP contribution in [0.2, 0.25) is 0 Å². The molecule has 1 unspecified atom stereocenters. The van der Waals surface area contributed by atoms with E-state index in [-0.39, 0.29) is 12.1 Å². The van der Waals surface area contributed by atoms with E-state index in [0.717, 1.165) is 17.3 Å². The Labute approximate surface area is 120 Å². The van der Waals surface area contributed by atoms with Gasteiger partial charge in [-0.1, -0.05) is 0 Å². The van der Waals surface area contributed by atoms with Crippen molar-refractivity contribution >= 4 is 5.69 Å². The van der Waals surface area contributed by atoms with Crippen LogP contribution in [-0.4, -0.2) is 15.7 Å². The maximum absolute atomic E-state index is 5.70. The number of ether oxygens (including phenoxy) is 1. The van der Waals surface area contributed by atoms with Crippen molar-refractivity contribution in [2.45, 2.75) is 39.8 Å². The van der Waals surface area contributed by atoms with Gasteiger partial charge in [-0.15, -0.1) is 0 Å². The van der Waals surface area contributed by atoms with Gasteiger partial charge in [-0.25, -0.2) is 4.98 Å². The zero-order valence-corrected chi connectivity index (χ0v) is 12.8. The Kier molecular flexibility index (Phi) is 4.32. The second-order valence-electron chi connectivity index (χ2n) is 5.41. The molecule has 1 atom stereocenters. The van der Waals surface area contributed by atoms with Gasteiger partial charge in [0.2, 0.25) is 0 Å². The highest BCUT2D eigenvalue weighted by molar-refractivity contribution is 5.54. The summed E-state index contributed by atoms with van der Waals surface area (Å²) in [5, 5.41) is 3.50. The number of aromatic nitrogens is 2. The molecular formula is C16H23N3O. The number of nitrogens with zero attached hydrogens (tertiary/aromatic N) is 2. The van der Waals surface area contributed by atoms with E-state index in [1.165, 1.54) is 5.56 Å². The molecule has 1 N–H and O–H groups in total. The van der Waals surface area contributed by atoms with Crippen LogP contribution < -0.4 is 10.1 Å². The summed E-state index contributed by atoms with van der Waals surface area (Å²) >= 11 is 0. The third-order valence-electron chi connectivity index (χ3n) is 3.19. The SMILES string of the molecule is Cc1cc(OC(C)C)ccc1NC(C)c1nccn1C. The van der Waals surface area contributed by atoms with Crippen molar-refractivity contribution in [2.24, 2.45) is 7.05 Å². The normalized spacial score (nSPS) is 12.5. The minimum Gasteiger partial charge on any atom is -0.491 e. The molecule has 0 spiro atoms. The van der Waals surface area contributed by atoms with Crippen LogP contribution in [0.15, 0.2) is 30.6 Å². The van der Waals surface area contributed by atoms with Gasteiger partial charge in [-0.3, -0.25) is 0 Å². The van der Waals surface area contributed by atoms with E-state index in [0.29, 0.717) is 0 Å². The average Bonchev–Trinajstić information content (AvgIpc) is 2.78. The summed E-state index contributed by atoms with van der Waals surface area (Å²) in [5.74, 6) is 1.93. The van der Waals surface area contributed by atoms with Crippen molar-refractivity contribution in [3.63, 3.8) is 0 Å².